The first kappa shape index (κ1) is 16.9. The summed E-state index contributed by atoms with van der Waals surface area (Å²) >= 11 is 0. The molecule has 5 heteroatoms. The van der Waals surface area contributed by atoms with Crippen molar-refractivity contribution in [2.75, 3.05) is 19.7 Å². The van der Waals surface area contributed by atoms with E-state index in [1.165, 1.54) is 0 Å². The normalized spacial score (nSPS) is 10.4. The van der Waals surface area contributed by atoms with Crippen LogP contribution in [-0.4, -0.2) is 37.6 Å². The van der Waals surface area contributed by atoms with E-state index in [0.717, 1.165) is 13.0 Å². The van der Waals surface area contributed by atoms with Gasteiger partial charge in [-0.3, -0.25) is 9.59 Å². The zero-order valence-corrected chi connectivity index (χ0v) is 11.8. The fourth-order valence-electron chi connectivity index (χ4n) is 1.42. The van der Waals surface area contributed by atoms with Gasteiger partial charge in [-0.05, 0) is 26.3 Å². The van der Waals surface area contributed by atoms with Crippen LogP contribution in [0.1, 0.15) is 46.5 Å². The van der Waals surface area contributed by atoms with Gasteiger partial charge in [0, 0.05) is 25.4 Å². The molecule has 18 heavy (non-hydrogen) atoms. The van der Waals surface area contributed by atoms with Gasteiger partial charge in [-0.1, -0.05) is 13.8 Å². The summed E-state index contributed by atoms with van der Waals surface area (Å²) < 4.78 is 4.79. The van der Waals surface area contributed by atoms with Crippen molar-refractivity contribution < 1.29 is 14.3 Å². The summed E-state index contributed by atoms with van der Waals surface area (Å²) in [6.07, 6.45) is 2.36. The molecule has 0 aliphatic rings. The molecule has 0 rings (SSSR count). The molecule has 0 aromatic rings. The van der Waals surface area contributed by atoms with Crippen LogP contribution in [-0.2, 0) is 14.3 Å². The summed E-state index contributed by atoms with van der Waals surface area (Å²) in [5.74, 6) is -0.155. The highest BCUT2D eigenvalue weighted by molar-refractivity contribution is 5.75. The lowest BCUT2D eigenvalue weighted by molar-refractivity contribution is -0.143. The molecule has 0 aliphatic heterocycles. The molecule has 0 radical (unpaired) electrons. The Morgan fingerprint density at radius 3 is 2.39 bits per heavy atom. The van der Waals surface area contributed by atoms with Gasteiger partial charge in [0.25, 0.3) is 0 Å². The van der Waals surface area contributed by atoms with Crippen molar-refractivity contribution in [3.63, 3.8) is 0 Å². The Hall–Kier alpha value is -1.10. The van der Waals surface area contributed by atoms with E-state index in [1.54, 1.807) is 6.92 Å². The minimum absolute atomic E-state index is 0.0458. The fraction of sp³-hybridized carbons (Fsp3) is 0.846. The lowest BCUT2D eigenvalue weighted by atomic mass is 10.2. The smallest absolute Gasteiger partial charge is 0.305 e. The number of hydrogen-bond acceptors (Lipinski definition) is 4. The third-order valence-corrected chi connectivity index (χ3v) is 2.32. The first-order chi connectivity index (χ1) is 8.56. The molecular weight excluding hydrogens is 232 g/mol. The summed E-state index contributed by atoms with van der Waals surface area (Å²) in [7, 11) is 0. The zero-order valence-electron chi connectivity index (χ0n) is 11.8. The van der Waals surface area contributed by atoms with Crippen LogP contribution in [0.25, 0.3) is 0 Å². The Bertz CT molecular complexity index is 242. The second kappa shape index (κ2) is 11.0. The van der Waals surface area contributed by atoms with E-state index in [2.05, 4.69) is 24.5 Å². The summed E-state index contributed by atoms with van der Waals surface area (Å²) in [5, 5.41) is 6.05. The minimum Gasteiger partial charge on any atom is -0.466 e. The van der Waals surface area contributed by atoms with Crippen molar-refractivity contribution >= 4 is 11.9 Å². The van der Waals surface area contributed by atoms with Crippen LogP contribution < -0.4 is 10.6 Å². The quantitative estimate of drug-likeness (QED) is 0.457. The number of rotatable bonds is 10. The first-order valence-corrected chi connectivity index (χ1v) is 6.72. The van der Waals surface area contributed by atoms with E-state index in [1.807, 2.05) is 0 Å². The molecule has 0 bridgehead atoms. The van der Waals surface area contributed by atoms with Crippen LogP contribution in [0.2, 0.25) is 0 Å². The Balaban J connectivity index is 3.34. The molecule has 0 saturated carbocycles. The van der Waals surface area contributed by atoms with E-state index in [0.29, 0.717) is 38.5 Å². The van der Waals surface area contributed by atoms with Crippen LogP contribution in [0.4, 0.5) is 0 Å². The SMILES string of the molecule is CCOC(=O)CCCNC(=O)CCCNC(C)C. The molecule has 0 spiro atoms. The van der Waals surface area contributed by atoms with E-state index in [9.17, 15) is 9.59 Å². The molecule has 0 atom stereocenters. The Labute approximate surface area is 110 Å². The number of nitrogens with one attached hydrogen (secondary N) is 2. The third-order valence-electron chi connectivity index (χ3n) is 2.32. The van der Waals surface area contributed by atoms with Crippen LogP contribution in [0.15, 0.2) is 0 Å². The van der Waals surface area contributed by atoms with E-state index >= 15 is 0 Å². The number of esters is 1. The first-order valence-electron chi connectivity index (χ1n) is 6.72. The molecule has 0 aromatic heterocycles. The van der Waals surface area contributed by atoms with Crippen LogP contribution in [0.3, 0.4) is 0 Å². The highest BCUT2D eigenvalue weighted by Crippen LogP contribution is 1.93. The van der Waals surface area contributed by atoms with Gasteiger partial charge >= 0.3 is 5.97 Å². The highest BCUT2D eigenvalue weighted by Gasteiger charge is 2.03. The number of carbonyl (C=O) groups is 2. The van der Waals surface area contributed by atoms with Gasteiger partial charge in [0.15, 0.2) is 0 Å². The van der Waals surface area contributed by atoms with Gasteiger partial charge < -0.3 is 15.4 Å². The van der Waals surface area contributed by atoms with Crippen LogP contribution >= 0.6 is 0 Å². The maximum absolute atomic E-state index is 11.4. The number of hydrogen-bond donors (Lipinski definition) is 2. The average molecular weight is 258 g/mol. The summed E-state index contributed by atoms with van der Waals surface area (Å²) in [6, 6.07) is 0.456. The molecule has 5 nitrogen and oxygen atoms in total. The molecule has 0 fully saturated rings. The third kappa shape index (κ3) is 11.4. The maximum atomic E-state index is 11.4. The minimum atomic E-state index is -0.201. The predicted octanol–water partition coefficient (Wildman–Crippen LogP) is 1.22. The Morgan fingerprint density at radius 2 is 1.78 bits per heavy atom. The number of amides is 1. The second-order valence-electron chi connectivity index (χ2n) is 4.47. The maximum Gasteiger partial charge on any atom is 0.305 e. The van der Waals surface area contributed by atoms with Crippen molar-refractivity contribution in [1.29, 1.82) is 0 Å². The standard InChI is InChI=1S/C13H26N2O3/c1-4-18-13(17)8-6-10-15-12(16)7-5-9-14-11(2)3/h11,14H,4-10H2,1-3H3,(H,15,16). The van der Waals surface area contributed by atoms with E-state index in [-0.39, 0.29) is 11.9 Å². The lowest BCUT2D eigenvalue weighted by Gasteiger charge is -2.08. The largest absolute Gasteiger partial charge is 0.466 e. The van der Waals surface area contributed by atoms with Gasteiger partial charge in [0.1, 0.15) is 0 Å². The molecule has 0 heterocycles. The van der Waals surface area contributed by atoms with E-state index in [4.69, 9.17) is 4.74 Å². The van der Waals surface area contributed by atoms with Gasteiger partial charge in [-0.2, -0.15) is 0 Å². The van der Waals surface area contributed by atoms with Gasteiger partial charge in [0.05, 0.1) is 6.61 Å². The van der Waals surface area contributed by atoms with Crippen molar-refractivity contribution in [3.8, 4) is 0 Å². The Kier molecular flexibility index (Phi) is 10.3. The van der Waals surface area contributed by atoms with Crippen molar-refractivity contribution in [1.82, 2.24) is 10.6 Å². The molecule has 0 aliphatic carbocycles. The van der Waals surface area contributed by atoms with E-state index < -0.39 is 0 Å². The average Bonchev–Trinajstić information content (AvgIpc) is 2.30. The van der Waals surface area contributed by atoms with Crippen LogP contribution in [0, 0.1) is 0 Å². The molecule has 2 N–H and O–H groups in total. The number of ether oxygens (including phenoxy) is 1. The van der Waals surface area contributed by atoms with Crippen molar-refractivity contribution in [3.05, 3.63) is 0 Å². The summed E-state index contributed by atoms with van der Waals surface area (Å²) in [5.41, 5.74) is 0. The Morgan fingerprint density at radius 1 is 1.11 bits per heavy atom. The molecule has 0 unspecified atom stereocenters. The number of carbonyl (C=O) groups excluding carboxylic acids is 2. The van der Waals surface area contributed by atoms with Crippen LogP contribution in [0.5, 0.6) is 0 Å². The highest BCUT2D eigenvalue weighted by atomic mass is 16.5. The second-order valence-corrected chi connectivity index (χ2v) is 4.47. The zero-order chi connectivity index (χ0) is 13.8. The summed E-state index contributed by atoms with van der Waals surface area (Å²) in [4.78, 5) is 22.4. The van der Waals surface area contributed by atoms with Gasteiger partial charge in [-0.15, -0.1) is 0 Å². The monoisotopic (exact) mass is 258 g/mol. The fourth-order valence-corrected chi connectivity index (χ4v) is 1.42. The van der Waals surface area contributed by atoms with Gasteiger partial charge in [0.2, 0.25) is 5.91 Å². The lowest BCUT2D eigenvalue weighted by Crippen LogP contribution is -2.28. The molecule has 106 valence electrons. The molecule has 1 amide bonds. The van der Waals surface area contributed by atoms with Crippen molar-refractivity contribution in [2.24, 2.45) is 0 Å². The van der Waals surface area contributed by atoms with Crippen molar-refractivity contribution in [2.45, 2.75) is 52.5 Å². The molecular formula is C13H26N2O3. The van der Waals surface area contributed by atoms with Gasteiger partial charge in [-0.25, -0.2) is 0 Å². The summed E-state index contributed by atoms with van der Waals surface area (Å²) in [6.45, 7) is 7.74. The topological polar surface area (TPSA) is 67.4 Å². The molecule has 0 saturated heterocycles. The predicted molar refractivity (Wildman–Crippen MR) is 71.2 cm³/mol. The molecule has 0 aromatic carbocycles.